The zero-order valence-electron chi connectivity index (χ0n) is 13.8. The van der Waals surface area contributed by atoms with Crippen LogP contribution in [0.25, 0.3) is 22.6 Å². The maximum Gasteiger partial charge on any atom is 0.111 e. The first-order valence-electron chi connectivity index (χ1n) is 7.88. The lowest BCUT2D eigenvalue weighted by molar-refractivity contribution is 0.153. The van der Waals surface area contributed by atoms with E-state index in [1.807, 2.05) is 31.5 Å². The number of aryl methyl sites for hydroxylation is 1. The second kappa shape index (κ2) is 6.79. The number of nitrogens with one attached hydrogen (secondary N) is 1. The van der Waals surface area contributed by atoms with E-state index in [1.54, 1.807) is 7.11 Å². The summed E-state index contributed by atoms with van der Waals surface area (Å²) >= 11 is 0. The molecule has 0 radical (unpaired) electrons. The Morgan fingerprint density at radius 1 is 1.26 bits per heavy atom. The summed E-state index contributed by atoms with van der Waals surface area (Å²) in [4.78, 5) is 4.68. The van der Waals surface area contributed by atoms with Gasteiger partial charge in [0.05, 0.1) is 30.4 Å². The number of imidazole rings is 1. The molecule has 2 aromatic heterocycles. The van der Waals surface area contributed by atoms with E-state index >= 15 is 0 Å². The monoisotopic (exact) mass is 310 g/mol. The molecule has 0 fully saturated rings. The Labute approximate surface area is 136 Å². The molecule has 5 heteroatoms. The van der Waals surface area contributed by atoms with E-state index in [-0.39, 0.29) is 6.04 Å². The van der Waals surface area contributed by atoms with Crippen molar-refractivity contribution in [1.29, 1.82) is 0 Å². The minimum atomic E-state index is 0.233. The fourth-order valence-corrected chi connectivity index (χ4v) is 2.83. The smallest absolute Gasteiger partial charge is 0.111 e. The average Bonchev–Trinajstić information content (AvgIpc) is 3.19. The molecule has 0 saturated carbocycles. The van der Waals surface area contributed by atoms with Crippen LogP contribution in [0, 0.1) is 6.92 Å². The fourth-order valence-electron chi connectivity index (χ4n) is 2.83. The highest BCUT2D eigenvalue weighted by atomic mass is 16.5. The first kappa shape index (κ1) is 15.5. The molecule has 0 aliphatic carbocycles. The van der Waals surface area contributed by atoms with E-state index in [1.165, 1.54) is 0 Å². The third kappa shape index (κ3) is 3.05. The largest absolute Gasteiger partial charge is 0.383 e. The number of aromatic amines is 1. The predicted octanol–water partition coefficient (Wildman–Crippen LogP) is 3.85. The Kier molecular flexibility index (Phi) is 4.57. The van der Waals surface area contributed by atoms with Crippen LogP contribution in [-0.2, 0) is 4.74 Å². The molecule has 0 spiro atoms. The van der Waals surface area contributed by atoms with Crippen molar-refractivity contribution in [3.8, 4) is 22.6 Å². The Bertz CT molecular complexity index is 760. The summed E-state index contributed by atoms with van der Waals surface area (Å²) in [7, 11) is 1.73. The van der Waals surface area contributed by atoms with Crippen LogP contribution >= 0.6 is 0 Å². The second-order valence-electron chi connectivity index (χ2n) is 5.67. The number of hydrogen-bond donors (Lipinski definition) is 1. The Morgan fingerprint density at radius 3 is 2.65 bits per heavy atom. The van der Waals surface area contributed by atoms with E-state index in [0.717, 1.165) is 34.8 Å². The molecule has 0 aliphatic heterocycles. The topological polar surface area (TPSA) is 55.7 Å². The molecule has 1 aromatic carbocycles. The van der Waals surface area contributed by atoms with Crippen molar-refractivity contribution in [1.82, 2.24) is 19.7 Å². The van der Waals surface area contributed by atoms with Crippen molar-refractivity contribution in [2.45, 2.75) is 26.3 Å². The van der Waals surface area contributed by atoms with E-state index in [9.17, 15) is 0 Å². The van der Waals surface area contributed by atoms with Crippen LogP contribution in [0.3, 0.4) is 0 Å². The lowest BCUT2D eigenvalue weighted by Crippen LogP contribution is -2.14. The quantitative estimate of drug-likeness (QED) is 0.752. The number of hydrogen-bond acceptors (Lipinski definition) is 3. The van der Waals surface area contributed by atoms with Gasteiger partial charge in [-0.05, 0) is 19.4 Å². The summed E-state index contributed by atoms with van der Waals surface area (Å²) in [6.45, 7) is 4.81. The molecule has 120 valence electrons. The molecule has 1 unspecified atom stereocenters. The summed E-state index contributed by atoms with van der Waals surface area (Å²) in [6, 6.07) is 12.5. The zero-order valence-corrected chi connectivity index (χ0v) is 13.8. The highest BCUT2D eigenvalue weighted by Gasteiger charge is 2.21. The van der Waals surface area contributed by atoms with Gasteiger partial charge < -0.3 is 9.30 Å². The van der Waals surface area contributed by atoms with Crippen molar-refractivity contribution in [3.05, 3.63) is 48.4 Å². The molecular formula is C18H22N4O. The normalized spacial score (nSPS) is 12.5. The Morgan fingerprint density at radius 2 is 2.04 bits per heavy atom. The molecule has 3 rings (SSSR count). The van der Waals surface area contributed by atoms with Gasteiger partial charge in [-0.15, -0.1) is 0 Å². The average molecular weight is 310 g/mol. The van der Waals surface area contributed by atoms with Gasteiger partial charge in [0.15, 0.2) is 0 Å². The van der Waals surface area contributed by atoms with Gasteiger partial charge in [0.1, 0.15) is 5.69 Å². The van der Waals surface area contributed by atoms with Crippen molar-refractivity contribution >= 4 is 0 Å². The van der Waals surface area contributed by atoms with E-state index in [0.29, 0.717) is 6.61 Å². The van der Waals surface area contributed by atoms with Crippen LogP contribution in [0.2, 0.25) is 0 Å². The number of nitrogens with zero attached hydrogens (tertiary/aromatic N) is 3. The van der Waals surface area contributed by atoms with E-state index < -0.39 is 0 Å². The molecular weight excluding hydrogens is 288 g/mol. The molecule has 0 aliphatic rings. The van der Waals surface area contributed by atoms with Gasteiger partial charge in [-0.1, -0.05) is 37.3 Å². The van der Waals surface area contributed by atoms with Gasteiger partial charge in [0.25, 0.3) is 0 Å². The van der Waals surface area contributed by atoms with Crippen molar-refractivity contribution in [3.63, 3.8) is 0 Å². The molecule has 0 amide bonds. The minimum Gasteiger partial charge on any atom is -0.383 e. The van der Waals surface area contributed by atoms with Crippen LogP contribution < -0.4 is 0 Å². The summed E-state index contributed by atoms with van der Waals surface area (Å²) in [5, 5.41) is 7.48. The second-order valence-corrected chi connectivity index (χ2v) is 5.67. The Hall–Kier alpha value is -2.40. The highest BCUT2D eigenvalue weighted by molar-refractivity contribution is 5.77. The number of methoxy groups -OCH3 is 1. The van der Waals surface area contributed by atoms with Gasteiger partial charge in [-0.25, -0.2) is 4.98 Å². The minimum absolute atomic E-state index is 0.233. The maximum absolute atomic E-state index is 5.38. The lowest BCUT2D eigenvalue weighted by Gasteiger charge is -2.18. The van der Waals surface area contributed by atoms with E-state index in [2.05, 4.69) is 44.9 Å². The van der Waals surface area contributed by atoms with Gasteiger partial charge in [0.2, 0.25) is 0 Å². The lowest BCUT2D eigenvalue weighted by atomic mass is 10.1. The molecule has 0 bridgehead atoms. The molecule has 2 heterocycles. The number of benzene rings is 1. The summed E-state index contributed by atoms with van der Waals surface area (Å²) in [6.07, 6.45) is 2.86. The number of H-pyrrole nitrogens is 1. The Balaban J connectivity index is 2.16. The summed E-state index contributed by atoms with van der Waals surface area (Å²) in [5.41, 5.74) is 5.02. The van der Waals surface area contributed by atoms with Crippen LogP contribution in [0.1, 0.15) is 25.1 Å². The maximum atomic E-state index is 5.38. The van der Waals surface area contributed by atoms with Crippen LogP contribution in [-0.4, -0.2) is 33.5 Å². The number of ether oxygens (including phenoxy) is 1. The first-order chi connectivity index (χ1) is 11.2. The SMILES string of the molecule is CCC(COC)n1cnc(-c2ccccc2)c1-c1cc(C)[nH]n1. The molecule has 0 saturated heterocycles. The van der Waals surface area contributed by atoms with Gasteiger partial charge in [-0.2, -0.15) is 5.10 Å². The van der Waals surface area contributed by atoms with Crippen molar-refractivity contribution < 1.29 is 4.74 Å². The third-order valence-electron chi connectivity index (χ3n) is 4.01. The van der Waals surface area contributed by atoms with Crippen LogP contribution in [0.4, 0.5) is 0 Å². The summed E-state index contributed by atoms with van der Waals surface area (Å²) < 4.78 is 7.57. The van der Waals surface area contributed by atoms with Gasteiger partial charge >= 0.3 is 0 Å². The molecule has 3 aromatic rings. The fraction of sp³-hybridized carbons (Fsp3) is 0.333. The molecule has 1 atom stereocenters. The van der Waals surface area contributed by atoms with Crippen molar-refractivity contribution in [2.75, 3.05) is 13.7 Å². The summed E-state index contributed by atoms with van der Waals surface area (Å²) in [5.74, 6) is 0. The zero-order chi connectivity index (χ0) is 16.2. The van der Waals surface area contributed by atoms with Gasteiger partial charge in [-0.3, -0.25) is 5.10 Å². The van der Waals surface area contributed by atoms with Crippen LogP contribution in [0.5, 0.6) is 0 Å². The number of aromatic nitrogens is 4. The first-order valence-corrected chi connectivity index (χ1v) is 7.88. The standard InChI is InChI=1S/C18H22N4O/c1-4-15(11-23-3)22-12-19-17(14-8-6-5-7-9-14)18(22)16-10-13(2)20-21-16/h5-10,12,15H,4,11H2,1-3H3,(H,20,21). The van der Waals surface area contributed by atoms with Gasteiger partial charge in [0, 0.05) is 18.4 Å². The predicted molar refractivity (Wildman–Crippen MR) is 91.2 cm³/mol. The molecule has 23 heavy (non-hydrogen) atoms. The molecule has 5 nitrogen and oxygen atoms in total. The van der Waals surface area contributed by atoms with Crippen LogP contribution in [0.15, 0.2) is 42.7 Å². The molecule has 1 N–H and O–H groups in total. The third-order valence-corrected chi connectivity index (χ3v) is 4.01. The highest BCUT2D eigenvalue weighted by Crippen LogP contribution is 2.33. The number of rotatable bonds is 6. The van der Waals surface area contributed by atoms with Crippen molar-refractivity contribution in [2.24, 2.45) is 0 Å². The van der Waals surface area contributed by atoms with E-state index in [4.69, 9.17) is 4.74 Å².